The number of piperidine rings is 1. The molecule has 1 aromatic carbocycles. The van der Waals surface area contributed by atoms with Crippen molar-refractivity contribution >= 4 is 11.6 Å². The van der Waals surface area contributed by atoms with Gasteiger partial charge in [-0.3, -0.25) is 4.79 Å². The number of anilines is 1. The fraction of sp³-hybridized carbons (Fsp3) is 0.562. The maximum atomic E-state index is 12.0. The zero-order chi connectivity index (χ0) is 15.1. The van der Waals surface area contributed by atoms with Gasteiger partial charge < -0.3 is 20.7 Å². The number of nitrogens with one attached hydrogen (secondary N) is 1. The lowest BCUT2D eigenvalue weighted by molar-refractivity contribution is 0.0951. The summed E-state index contributed by atoms with van der Waals surface area (Å²) in [6.07, 6.45) is 4.94. The summed E-state index contributed by atoms with van der Waals surface area (Å²) in [6, 6.07) is 5.10. The van der Waals surface area contributed by atoms with Crippen molar-refractivity contribution in [3.05, 3.63) is 23.8 Å². The molecule has 1 fully saturated rings. The normalized spacial score (nSPS) is 15.7. The predicted octanol–water partition coefficient (Wildman–Crippen LogP) is 1.88. The lowest BCUT2D eigenvalue weighted by Crippen LogP contribution is -2.33. The first-order valence-corrected chi connectivity index (χ1v) is 7.65. The Balaban J connectivity index is 1.72. The van der Waals surface area contributed by atoms with Crippen molar-refractivity contribution in [3.8, 4) is 5.75 Å². The molecule has 1 heterocycles. The third-order valence-electron chi connectivity index (χ3n) is 3.88. The zero-order valence-electron chi connectivity index (χ0n) is 12.7. The number of hydrogen-bond acceptors (Lipinski definition) is 4. The average molecular weight is 291 g/mol. The first-order chi connectivity index (χ1) is 10.2. The van der Waals surface area contributed by atoms with Crippen LogP contribution in [0.5, 0.6) is 5.75 Å². The fourth-order valence-corrected chi connectivity index (χ4v) is 2.67. The van der Waals surface area contributed by atoms with Crippen LogP contribution in [0.25, 0.3) is 0 Å². The molecule has 0 saturated carbocycles. The summed E-state index contributed by atoms with van der Waals surface area (Å²) < 4.78 is 5.08. The number of nitrogens with two attached hydrogens (primary N) is 1. The van der Waals surface area contributed by atoms with Gasteiger partial charge in [0.2, 0.25) is 0 Å². The van der Waals surface area contributed by atoms with Crippen LogP contribution in [0.15, 0.2) is 18.2 Å². The van der Waals surface area contributed by atoms with Gasteiger partial charge in [0.15, 0.2) is 0 Å². The fourth-order valence-electron chi connectivity index (χ4n) is 2.67. The molecule has 116 valence electrons. The Kier molecular flexibility index (Phi) is 5.87. The maximum absolute atomic E-state index is 12.0. The second kappa shape index (κ2) is 7.88. The molecule has 1 amide bonds. The molecule has 0 spiro atoms. The molecule has 1 aliphatic heterocycles. The molecule has 0 aliphatic carbocycles. The van der Waals surface area contributed by atoms with Gasteiger partial charge in [-0.25, -0.2) is 0 Å². The number of carbonyl (C=O) groups excluding carboxylic acids is 1. The van der Waals surface area contributed by atoms with Crippen molar-refractivity contribution in [1.29, 1.82) is 0 Å². The van der Waals surface area contributed by atoms with Crippen LogP contribution in [0.3, 0.4) is 0 Å². The van der Waals surface area contributed by atoms with E-state index >= 15 is 0 Å². The highest BCUT2D eigenvalue weighted by Crippen LogP contribution is 2.21. The Labute approximate surface area is 126 Å². The van der Waals surface area contributed by atoms with Gasteiger partial charge in [-0.05, 0) is 57.1 Å². The van der Waals surface area contributed by atoms with E-state index in [1.54, 1.807) is 25.3 Å². The van der Waals surface area contributed by atoms with Gasteiger partial charge in [0.1, 0.15) is 5.75 Å². The molecule has 5 nitrogen and oxygen atoms in total. The van der Waals surface area contributed by atoms with Gasteiger partial charge in [-0.2, -0.15) is 0 Å². The Hall–Kier alpha value is -1.75. The van der Waals surface area contributed by atoms with Crippen LogP contribution in [-0.4, -0.2) is 44.1 Å². The lowest BCUT2D eigenvalue weighted by atomic mass is 10.1. The minimum absolute atomic E-state index is 0.0806. The van der Waals surface area contributed by atoms with E-state index in [9.17, 15) is 4.79 Å². The van der Waals surface area contributed by atoms with Crippen molar-refractivity contribution in [2.45, 2.75) is 25.7 Å². The number of methoxy groups -OCH3 is 1. The maximum Gasteiger partial charge on any atom is 0.251 e. The minimum atomic E-state index is -0.0806. The zero-order valence-corrected chi connectivity index (χ0v) is 12.7. The largest absolute Gasteiger partial charge is 0.495 e. The van der Waals surface area contributed by atoms with Crippen LogP contribution >= 0.6 is 0 Å². The smallest absolute Gasteiger partial charge is 0.251 e. The first kappa shape index (κ1) is 15.6. The highest BCUT2D eigenvalue weighted by molar-refractivity contribution is 5.95. The quantitative estimate of drug-likeness (QED) is 0.620. The number of rotatable bonds is 6. The molecule has 1 saturated heterocycles. The molecule has 1 aliphatic rings. The van der Waals surface area contributed by atoms with Gasteiger partial charge in [-0.1, -0.05) is 6.42 Å². The van der Waals surface area contributed by atoms with Crippen LogP contribution in [-0.2, 0) is 0 Å². The van der Waals surface area contributed by atoms with E-state index < -0.39 is 0 Å². The number of likely N-dealkylation sites (tertiary alicyclic amines) is 1. The second-order valence-corrected chi connectivity index (χ2v) is 5.47. The van der Waals surface area contributed by atoms with Crippen LogP contribution in [0.1, 0.15) is 36.0 Å². The number of benzene rings is 1. The van der Waals surface area contributed by atoms with Crippen LogP contribution < -0.4 is 15.8 Å². The van der Waals surface area contributed by atoms with Crippen LogP contribution in [0.2, 0.25) is 0 Å². The molecule has 5 heteroatoms. The van der Waals surface area contributed by atoms with Gasteiger partial charge in [-0.15, -0.1) is 0 Å². The molecular weight excluding hydrogens is 266 g/mol. The molecule has 21 heavy (non-hydrogen) atoms. The average Bonchev–Trinajstić information content (AvgIpc) is 2.52. The Morgan fingerprint density at radius 1 is 1.33 bits per heavy atom. The van der Waals surface area contributed by atoms with Gasteiger partial charge in [0.25, 0.3) is 5.91 Å². The van der Waals surface area contributed by atoms with E-state index in [1.165, 1.54) is 32.4 Å². The molecule has 2 rings (SSSR count). The summed E-state index contributed by atoms with van der Waals surface area (Å²) >= 11 is 0. The Morgan fingerprint density at radius 2 is 2.10 bits per heavy atom. The van der Waals surface area contributed by atoms with E-state index in [0.717, 1.165) is 13.0 Å². The number of amides is 1. The summed E-state index contributed by atoms with van der Waals surface area (Å²) in [5.41, 5.74) is 6.87. The van der Waals surface area contributed by atoms with Gasteiger partial charge >= 0.3 is 0 Å². The molecule has 0 aromatic heterocycles. The van der Waals surface area contributed by atoms with E-state index in [-0.39, 0.29) is 5.91 Å². The number of hydrogen-bond donors (Lipinski definition) is 2. The standard InChI is InChI=1S/C16H25N3O2/c1-21-15-7-6-13(12-14(15)17)16(20)18-8-5-11-19-9-3-2-4-10-19/h6-7,12H,2-5,8-11,17H2,1H3,(H,18,20). The van der Waals surface area contributed by atoms with E-state index in [4.69, 9.17) is 10.5 Å². The molecule has 3 N–H and O–H groups in total. The van der Waals surface area contributed by atoms with Crippen molar-refractivity contribution in [3.63, 3.8) is 0 Å². The Bertz CT molecular complexity index is 471. The summed E-state index contributed by atoms with van der Waals surface area (Å²) in [6.45, 7) is 4.15. The van der Waals surface area contributed by atoms with Crippen molar-refractivity contribution in [2.75, 3.05) is 39.0 Å². The number of ether oxygens (including phenoxy) is 1. The second-order valence-electron chi connectivity index (χ2n) is 5.47. The van der Waals surface area contributed by atoms with E-state index in [1.807, 2.05) is 0 Å². The lowest BCUT2D eigenvalue weighted by Gasteiger charge is -2.26. The van der Waals surface area contributed by atoms with Crippen LogP contribution in [0, 0.1) is 0 Å². The topological polar surface area (TPSA) is 67.6 Å². The minimum Gasteiger partial charge on any atom is -0.495 e. The van der Waals surface area contributed by atoms with Crippen molar-refractivity contribution in [1.82, 2.24) is 10.2 Å². The summed E-state index contributed by atoms with van der Waals surface area (Å²) in [5.74, 6) is 0.514. The molecule has 0 bridgehead atoms. The number of nitrogen functional groups attached to an aromatic ring is 1. The first-order valence-electron chi connectivity index (χ1n) is 7.65. The summed E-state index contributed by atoms with van der Waals surface area (Å²) in [5, 5.41) is 2.94. The molecule has 0 atom stereocenters. The third-order valence-corrected chi connectivity index (χ3v) is 3.88. The van der Waals surface area contributed by atoms with Crippen molar-refractivity contribution < 1.29 is 9.53 Å². The predicted molar refractivity (Wildman–Crippen MR) is 84.6 cm³/mol. The number of carbonyl (C=O) groups is 1. The van der Waals surface area contributed by atoms with Crippen LogP contribution in [0.4, 0.5) is 5.69 Å². The molecule has 0 radical (unpaired) electrons. The SMILES string of the molecule is COc1ccc(C(=O)NCCCN2CCCCC2)cc1N. The van der Waals surface area contributed by atoms with Gasteiger partial charge in [0, 0.05) is 12.1 Å². The highest BCUT2D eigenvalue weighted by Gasteiger charge is 2.10. The Morgan fingerprint density at radius 3 is 2.76 bits per heavy atom. The number of nitrogens with zero attached hydrogens (tertiary/aromatic N) is 1. The van der Waals surface area contributed by atoms with Crippen molar-refractivity contribution in [2.24, 2.45) is 0 Å². The molecule has 1 aromatic rings. The third kappa shape index (κ3) is 4.63. The van der Waals surface area contributed by atoms with E-state index in [2.05, 4.69) is 10.2 Å². The monoisotopic (exact) mass is 291 g/mol. The summed E-state index contributed by atoms with van der Waals surface area (Å²) in [7, 11) is 1.56. The highest BCUT2D eigenvalue weighted by atomic mass is 16.5. The molecule has 0 unspecified atom stereocenters. The van der Waals surface area contributed by atoms with Gasteiger partial charge in [0.05, 0.1) is 12.8 Å². The van der Waals surface area contributed by atoms with E-state index in [0.29, 0.717) is 23.5 Å². The molecular formula is C16H25N3O2. The summed E-state index contributed by atoms with van der Waals surface area (Å²) in [4.78, 5) is 14.5.